The van der Waals surface area contributed by atoms with Gasteiger partial charge < -0.3 is 9.47 Å². The first-order chi connectivity index (χ1) is 16.3. The van der Waals surface area contributed by atoms with E-state index < -0.39 is 0 Å². The molecule has 1 aromatic heterocycles. The van der Waals surface area contributed by atoms with E-state index in [2.05, 4.69) is 19.8 Å². The molecule has 1 amide bonds. The van der Waals surface area contributed by atoms with Crippen LogP contribution in [0.1, 0.15) is 32.0 Å². The van der Waals surface area contributed by atoms with Crippen molar-refractivity contribution in [3.05, 3.63) is 65.9 Å². The molecule has 0 aliphatic carbocycles. The largest absolute Gasteiger partial charge is 0.462 e. The van der Waals surface area contributed by atoms with Crippen molar-refractivity contribution in [2.75, 3.05) is 24.6 Å². The molecule has 3 aromatic rings. The molecule has 9 heteroatoms. The van der Waals surface area contributed by atoms with E-state index in [1.165, 1.54) is 4.90 Å². The van der Waals surface area contributed by atoms with Gasteiger partial charge in [0.15, 0.2) is 11.5 Å². The highest BCUT2D eigenvalue weighted by Crippen LogP contribution is 2.47. The van der Waals surface area contributed by atoms with Gasteiger partial charge in [-0.15, -0.1) is 9.90 Å². The number of aromatic nitrogens is 3. The second kappa shape index (κ2) is 9.36. The Hall–Kier alpha value is -3.56. The Morgan fingerprint density at radius 2 is 1.76 bits per heavy atom. The van der Waals surface area contributed by atoms with Gasteiger partial charge in [-0.3, -0.25) is 19.4 Å². The number of para-hydroxylation sites is 1. The zero-order valence-electron chi connectivity index (χ0n) is 19.8. The molecule has 0 N–H and O–H groups in total. The molecule has 34 heavy (non-hydrogen) atoms. The van der Waals surface area contributed by atoms with Crippen LogP contribution in [0.2, 0.25) is 0 Å². The minimum Gasteiger partial charge on any atom is -0.462 e. The number of anilines is 2. The third kappa shape index (κ3) is 4.85. The van der Waals surface area contributed by atoms with Crippen LogP contribution in [0.15, 0.2) is 54.6 Å². The monoisotopic (exact) mass is 463 g/mol. The van der Waals surface area contributed by atoms with Gasteiger partial charge in [-0.1, -0.05) is 30.3 Å². The maximum Gasteiger partial charge on any atom is 0.293 e. The van der Waals surface area contributed by atoms with E-state index >= 15 is 0 Å². The average Bonchev–Trinajstić information content (AvgIpc) is 3.16. The van der Waals surface area contributed by atoms with E-state index in [1.54, 1.807) is 4.80 Å². The predicted octanol–water partition coefficient (Wildman–Crippen LogP) is 3.33. The fourth-order valence-electron chi connectivity index (χ4n) is 3.83. The van der Waals surface area contributed by atoms with Gasteiger partial charge in [-0.05, 0) is 52.0 Å². The molecule has 0 spiro atoms. The molecule has 2 unspecified atom stereocenters. The van der Waals surface area contributed by atoms with Crippen LogP contribution < -0.4 is 4.90 Å². The molecule has 0 saturated carbocycles. The van der Waals surface area contributed by atoms with Crippen LogP contribution in [-0.2, 0) is 24.8 Å². The molecule has 2 aliphatic rings. The average molecular weight is 464 g/mol. The Morgan fingerprint density at radius 1 is 1.06 bits per heavy atom. The van der Waals surface area contributed by atoms with Crippen molar-refractivity contribution >= 4 is 24.4 Å². The molecule has 178 valence electrons. The summed E-state index contributed by atoms with van der Waals surface area (Å²) in [5.41, 5.74) is 2.84. The summed E-state index contributed by atoms with van der Waals surface area (Å²) in [6, 6.07) is 17.5. The molecule has 9 nitrogen and oxygen atoms in total. The van der Waals surface area contributed by atoms with Gasteiger partial charge in [0.25, 0.3) is 6.47 Å². The highest BCUT2D eigenvalue weighted by Gasteiger charge is 2.58. The number of carbonyl (C=O) groups excluding carboxylic acids is 2. The summed E-state index contributed by atoms with van der Waals surface area (Å²) in [7, 11) is 0. The maximum absolute atomic E-state index is 11.8. The minimum absolute atomic E-state index is 0.239. The molecular formula is C25H29N5O4. The van der Waals surface area contributed by atoms with Crippen LogP contribution in [0, 0.1) is 6.92 Å². The topological polar surface area (TPSA) is 89.6 Å². The van der Waals surface area contributed by atoms with Gasteiger partial charge in [0.05, 0.1) is 18.0 Å². The first kappa shape index (κ1) is 23.6. The van der Waals surface area contributed by atoms with Crippen molar-refractivity contribution in [3.8, 4) is 5.69 Å². The Bertz CT molecular complexity index is 1140. The SMILES string of the molecule is CC(C)(C)OC=O.Cc1nn(-c2ccccc2)nc1N(C=O)c1ccc(C23CN2CCO3)cc1. The zero-order chi connectivity index (χ0) is 24.3. The van der Waals surface area contributed by atoms with Crippen molar-refractivity contribution in [1.29, 1.82) is 0 Å². The van der Waals surface area contributed by atoms with Gasteiger partial charge >= 0.3 is 0 Å². The summed E-state index contributed by atoms with van der Waals surface area (Å²) in [6.45, 7) is 10.5. The number of benzene rings is 2. The number of aryl methyl sites for hydroxylation is 1. The number of morpholine rings is 1. The lowest BCUT2D eigenvalue weighted by molar-refractivity contribution is -0.138. The fourth-order valence-corrected chi connectivity index (χ4v) is 3.83. The molecule has 5 rings (SSSR count). The summed E-state index contributed by atoms with van der Waals surface area (Å²) in [4.78, 5) is 26.8. The summed E-state index contributed by atoms with van der Waals surface area (Å²) < 4.78 is 10.4. The number of nitrogens with zero attached hydrogens (tertiary/aromatic N) is 5. The van der Waals surface area contributed by atoms with Crippen molar-refractivity contribution in [2.45, 2.75) is 39.0 Å². The van der Waals surface area contributed by atoms with E-state index in [1.807, 2.05) is 82.3 Å². The number of rotatable bonds is 6. The first-order valence-corrected chi connectivity index (χ1v) is 11.1. The zero-order valence-corrected chi connectivity index (χ0v) is 19.8. The highest BCUT2D eigenvalue weighted by molar-refractivity contribution is 5.85. The lowest BCUT2D eigenvalue weighted by atomic mass is 10.1. The van der Waals surface area contributed by atoms with E-state index in [0.29, 0.717) is 18.0 Å². The molecule has 0 radical (unpaired) electrons. The Balaban J connectivity index is 0.000000344. The van der Waals surface area contributed by atoms with Gasteiger partial charge in [-0.2, -0.15) is 5.10 Å². The first-order valence-electron chi connectivity index (χ1n) is 11.1. The third-order valence-electron chi connectivity index (χ3n) is 5.59. The maximum atomic E-state index is 11.8. The van der Waals surface area contributed by atoms with Crippen LogP contribution in [-0.4, -0.2) is 58.1 Å². The third-order valence-corrected chi connectivity index (χ3v) is 5.59. The van der Waals surface area contributed by atoms with Gasteiger partial charge in [-0.25, -0.2) is 0 Å². The molecule has 2 fully saturated rings. The quantitative estimate of drug-likeness (QED) is 0.409. The molecule has 2 aromatic carbocycles. The van der Waals surface area contributed by atoms with Gasteiger partial charge in [0, 0.05) is 18.7 Å². The van der Waals surface area contributed by atoms with Crippen LogP contribution >= 0.6 is 0 Å². The lowest BCUT2D eigenvalue weighted by Gasteiger charge is -2.17. The van der Waals surface area contributed by atoms with Crippen LogP contribution in [0.5, 0.6) is 0 Å². The van der Waals surface area contributed by atoms with E-state index in [0.717, 1.165) is 43.0 Å². The number of amides is 1. The minimum atomic E-state index is -0.318. The number of hydrogen-bond donors (Lipinski definition) is 0. The normalized spacial score (nSPS) is 20.5. The lowest BCUT2D eigenvalue weighted by Crippen LogP contribution is -2.17. The van der Waals surface area contributed by atoms with Crippen molar-refractivity contribution in [1.82, 2.24) is 19.9 Å². The van der Waals surface area contributed by atoms with Crippen LogP contribution in [0.3, 0.4) is 0 Å². The second-order valence-corrected chi connectivity index (χ2v) is 9.14. The Kier molecular flexibility index (Phi) is 6.49. The Morgan fingerprint density at radius 3 is 2.26 bits per heavy atom. The molecule has 2 aliphatic heterocycles. The van der Waals surface area contributed by atoms with Crippen LogP contribution in [0.25, 0.3) is 5.69 Å². The fraction of sp³-hybridized carbons (Fsp3) is 0.360. The molecule has 3 heterocycles. The molecule has 2 atom stereocenters. The van der Waals surface area contributed by atoms with Crippen molar-refractivity contribution < 1.29 is 19.1 Å². The smallest absolute Gasteiger partial charge is 0.293 e. The van der Waals surface area contributed by atoms with Crippen LogP contribution in [0.4, 0.5) is 11.5 Å². The number of ether oxygens (including phenoxy) is 2. The van der Waals surface area contributed by atoms with E-state index in [4.69, 9.17) is 4.74 Å². The Labute approximate surface area is 198 Å². The van der Waals surface area contributed by atoms with Gasteiger partial charge in [0.1, 0.15) is 11.3 Å². The number of fused-ring (bicyclic) bond motifs is 1. The van der Waals surface area contributed by atoms with Crippen molar-refractivity contribution in [3.63, 3.8) is 0 Å². The van der Waals surface area contributed by atoms with Gasteiger partial charge in [0.2, 0.25) is 6.41 Å². The summed E-state index contributed by atoms with van der Waals surface area (Å²) >= 11 is 0. The number of carbonyl (C=O) groups is 2. The summed E-state index contributed by atoms with van der Waals surface area (Å²) in [5, 5.41) is 8.97. The summed E-state index contributed by atoms with van der Waals surface area (Å²) in [5.74, 6) is 0.518. The molecule has 2 saturated heterocycles. The molecular weight excluding hydrogens is 434 g/mol. The predicted molar refractivity (Wildman–Crippen MR) is 127 cm³/mol. The number of hydrogen-bond acceptors (Lipinski definition) is 7. The summed E-state index contributed by atoms with van der Waals surface area (Å²) in [6.07, 6.45) is 0.773. The highest BCUT2D eigenvalue weighted by atomic mass is 16.5. The standard InChI is InChI=1S/C20H19N5O2.C5H10O2/c1-15-19(22-25(21-15)18-5-3-2-4-6-18)24(14-26)17-9-7-16(8-10-17)20-13-23(20)11-12-27-20;1-5(2,3)7-4-6/h2-10,14H,11-13H2,1H3;4H,1-3H3. The van der Waals surface area contributed by atoms with E-state index in [9.17, 15) is 9.59 Å². The second-order valence-electron chi connectivity index (χ2n) is 9.14. The molecule has 0 bridgehead atoms. The van der Waals surface area contributed by atoms with E-state index in [-0.39, 0.29) is 11.3 Å². The van der Waals surface area contributed by atoms with Crippen molar-refractivity contribution in [2.24, 2.45) is 0 Å².